The molecule has 0 aliphatic heterocycles. The van der Waals surface area contributed by atoms with Crippen molar-refractivity contribution < 1.29 is 19.2 Å². The summed E-state index contributed by atoms with van der Waals surface area (Å²) >= 11 is 3.38. The number of ether oxygens (including phenoxy) is 2. The molecule has 0 aliphatic carbocycles. The van der Waals surface area contributed by atoms with Gasteiger partial charge in [0.25, 0.3) is 5.69 Å². The first kappa shape index (κ1) is 20.9. The zero-order chi connectivity index (χ0) is 20.5. The van der Waals surface area contributed by atoms with E-state index < -0.39 is 10.8 Å². The molecule has 2 aromatic rings. The van der Waals surface area contributed by atoms with E-state index in [0.717, 1.165) is 0 Å². The molecule has 28 heavy (non-hydrogen) atoms. The summed E-state index contributed by atoms with van der Waals surface area (Å²) in [6.07, 6.45) is 6.43. The molecular formula is C19H16BrN3O5. The Morgan fingerprint density at radius 3 is 2.82 bits per heavy atom. The van der Waals surface area contributed by atoms with E-state index in [1.165, 1.54) is 25.5 Å². The molecule has 144 valence electrons. The second-order valence-corrected chi connectivity index (χ2v) is 6.23. The molecule has 0 spiro atoms. The fourth-order valence-corrected chi connectivity index (χ4v) is 2.69. The van der Waals surface area contributed by atoms with Crippen LogP contribution in [-0.4, -0.2) is 30.8 Å². The number of nitro benzene ring substituents is 1. The Balaban J connectivity index is 2.07. The van der Waals surface area contributed by atoms with Gasteiger partial charge >= 0.3 is 0 Å². The number of rotatable bonds is 8. The van der Waals surface area contributed by atoms with Gasteiger partial charge < -0.3 is 9.47 Å². The summed E-state index contributed by atoms with van der Waals surface area (Å²) < 4.78 is 11.3. The number of methoxy groups -OCH3 is 1. The van der Waals surface area contributed by atoms with Crippen molar-refractivity contribution in [3.8, 4) is 23.8 Å². The normalized spacial score (nSPS) is 10.3. The predicted octanol–water partition coefficient (Wildman–Crippen LogP) is 3.07. The van der Waals surface area contributed by atoms with Crippen LogP contribution >= 0.6 is 15.9 Å². The number of nitro groups is 1. The van der Waals surface area contributed by atoms with Gasteiger partial charge in [-0.3, -0.25) is 14.9 Å². The number of terminal acetylenes is 1. The SMILES string of the molecule is C#CCOc1cc(Br)c(C=NNC(=O)Cc2ccccc2[N+](=O)[O-])cc1OC. The molecule has 2 rings (SSSR count). The van der Waals surface area contributed by atoms with E-state index in [1.807, 2.05) is 0 Å². The lowest BCUT2D eigenvalue weighted by molar-refractivity contribution is -0.385. The van der Waals surface area contributed by atoms with E-state index in [1.54, 1.807) is 24.3 Å². The van der Waals surface area contributed by atoms with Crippen molar-refractivity contribution in [3.63, 3.8) is 0 Å². The largest absolute Gasteiger partial charge is 0.493 e. The number of halogens is 1. The number of hydrogen-bond donors (Lipinski definition) is 1. The zero-order valence-electron chi connectivity index (χ0n) is 14.8. The molecule has 9 heteroatoms. The Bertz CT molecular complexity index is 953. The van der Waals surface area contributed by atoms with Crippen LogP contribution < -0.4 is 14.9 Å². The highest BCUT2D eigenvalue weighted by molar-refractivity contribution is 9.10. The number of carbonyl (C=O) groups excluding carboxylic acids is 1. The number of nitrogens with one attached hydrogen (secondary N) is 1. The summed E-state index contributed by atoms with van der Waals surface area (Å²) in [7, 11) is 1.49. The quantitative estimate of drug-likeness (QED) is 0.291. The molecule has 0 fully saturated rings. The van der Waals surface area contributed by atoms with Crippen molar-refractivity contribution in [1.29, 1.82) is 0 Å². The molecule has 2 aromatic carbocycles. The topological polar surface area (TPSA) is 103 Å². The van der Waals surface area contributed by atoms with Crippen LogP contribution in [0.1, 0.15) is 11.1 Å². The van der Waals surface area contributed by atoms with Gasteiger partial charge in [0.15, 0.2) is 11.5 Å². The molecular weight excluding hydrogens is 430 g/mol. The number of amides is 1. The van der Waals surface area contributed by atoms with Crippen molar-refractivity contribution >= 4 is 33.7 Å². The lowest BCUT2D eigenvalue weighted by atomic mass is 10.1. The van der Waals surface area contributed by atoms with Gasteiger partial charge in [-0.2, -0.15) is 5.10 Å². The third kappa shape index (κ3) is 5.56. The first-order chi connectivity index (χ1) is 13.5. The number of hydrogen-bond acceptors (Lipinski definition) is 6. The molecule has 0 radical (unpaired) electrons. The first-order valence-electron chi connectivity index (χ1n) is 7.94. The zero-order valence-corrected chi connectivity index (χ0v) is 16.4. The van der Waals surface area contributed by atoms with E-state index in [0.29, 0.717) is 27.1 Å². The van der Waals surface area contributed by atoms with Gasteiger partial charge in [-0.15, -0.1) is 6.42 Å². The number of para-hydroxylation sites is 1. The Kier molecular flexibility index (Phi) is 7.54. The Morgan fingerprint density at radius 2 is 2.14 bits per heavy atom. The maximum Gasteiger partial charge on any atom is 0.273 e. The lowest BCUT2D eigenvalue weighted by Gasteiger charge is -2.10. The standard InChI is InChI=1S/C19H16BrN3O5/c1-3-8-28-18-11-15(20)14(9-17(18)27-2)12-21-22-19(24)10-13-6-4-5-7-16(13)23(25)26/h1,4-7,9,11-12H,8,10H2,2H3,(H,22,24). The van der Waals surface area contributed by atoms with E-state index in [2.05, 4.69) is 32.4 Å². The van der Waals surface area contributed by atoms with Crippen LogP contribution in [0.2, 0.25) is 0 Å². The number of hydrazone groups is 1. The van der Waals surface area contributed by atoms with Gasteiger partial charge in [-0.1, -0.05) is 24.1 Å². The molecule has 0 saturated carbocycles. The highest BCUT2D eigenvalue weighted by atomic mass is 79.9. The van der Waals surface area contributed by atoms with Gasteiger partial charge in [-0.05, 0) is 28.1 Å². The minimum Gasteiger partial charge on any atom is -0.493 e. The summed E-state index contributed by atoms with van der Waals surface area (Å²) in [5, 5.41) is 14.9. The summed E-state index contributed by atoms with van der Waals surface area (Å²) in [5.74, 6) is 2.80. The fourth-order valence-electron chi connectivity index (χ4n) is 2.27. The number of benzene rings is 2. The summed E-state index contributed by atoms with van der Waals surface area (Å²) in [5.41, 5.74) is 3.16. The molecule has 0 unspecified atom stereocenters. The predicted molar refractivity (Wildman–Crippen MR) is 108 cm³/mol. The maximum absolute atomic E-state index is 12.0. The smallest absolute Gasteiger partial charge is 0.273 e. The van der Waals surface area contributed by atoms with Gasteiger partial charge in [0.2, 0.25) is 5.91 Å². The third-order valence-electron chi connectivity index (χ3n) is 3.53. The minimum absolute atomic E-state index is 0.0952. The van der Waals surface area contributed by atoms with Gasteiger partial charge in [0.05, 0.1) is 24.7 Å². The van der Waals surface area contributed by atoms with Crippen molar-refractivity contribution in [3.05, 3.63) is 62.1 Å². The maximum atomic E-state index is 12.0. The van der Waals surface area contributed by atoms with Gasteiger partial charge in [-0.25, -0.2) is 5.43 Å². The van der Waals surface area contributed by atoms with Crippen molar-refractivity contribution in [1.82, 2.24) is 5.43 Å². The first-order valence-corrected chi connectivity index (χ1v) is 8.73. The Hall–Kier alpha value is -3.38. The minimum atomic E-state index is -0.529. The third-order valence-corrected chi connectivity index (χ3v) is 4.21. The van der Waals surface area contributed by atoms with Crippen LogP contribution in [0.3, 0.4) is 0 Å². The van der Waals surface area contributed by atoms with Crippen LogP contribution in [0.15, 0.2) is 46.0 Å². The van der Waals surface area contributed by atoms with Gasteiger partial charge in [0.1, 0.15) is 6.61 Å². The van der Waals surface area contributed by atoms with Crippen LogP contribution in [0, 0.1) is 22.5 Å². The van der Waals surface area contributed by atoms with E-state index in [4.69, 9.17) is 15.9 Å². The lowest BCUT2D eigenvalue weighted by Crippen LogP contribution is -2.20. The molecule has 0 heterocycles. The van der Waals surface area contributed by atoms with E-state index in [-0.39, 0.29) is 18.7 Å². The molecule has 1 N–H and O–H groups in total. The molecule has 0 atom stereocenters. The van der Waals surface area contributed by atoms with Gasteiger partial charge in [0, 0.05) is 21.7 Å². The van der Waals surface area contributed by atoms with Crippen LogP contribution in [0.4, 0.5) is 5.69 Å². The summed E-state index contributed by atoms with van der Waals surface area (Å²) in [6.45, 7) is 0.0952. The molecule has 0 bridgehead atoms. The molecule has 8 nitrogen and oxygen atoms in total. The van der Waals surface area contributed by atoms with Crippen molar-refractivity contribution in [2.45, 2.75) is 6.42 Å². The Morgan fingerprint density at radius 1 is 1.39 bits per heavy atom. The Labute approximate surface area is 169 Å². The molecule has 0 aromatic heterocycles. The number of carbonyl (C=O) groups is 1. The molecule has 0 saturated heterocycles. The molecule has 0 aliphatic rings. The van der Waals surface area contributed by atoms with Crippen LogP contribution in [0.25, 0.3) is 0 Å². The van der Waals surface area contributed by atoms with Crippen molar-refractivity contribution in [2.24, 2.45) is 5.10 Å². The second-order valence-electron chi connectivity index (χ2n) is 5.37. The molecule has 1 amide bonds. The van der Waals surface area contributed by atoms with Crippen LogP contribution in [0.5, 0.6) is 11.5 Å². The number of nitrogens with zero attached hydrogens (tertiary/aromatic N) is 2. The van der Waals surface area contributed by atoms with E-state index >= 15 is 0 Å². The summed E-state index contributed by atoms with van der Waals surface area (Å²) in [6, 6.07) is 9.38. The average Bonchev–Trinajstić information content (AvgIpc) is 2.67. The monoisotopic (exact) mass is 445 g/mol. The highest BCUT2D eigenvalue weighted by Crippen LogP contribution is 2.32. The average molecular weight is 446 g/mol. The fraction of sp³-hybridized carbons (Fsp3) is 0.158. The van der Waals surface area contributed by atoms with E-state index in [9.17, 15) is 14.9 Å². The summed E-state index contributed by atoms with van der Waals surface area (Å²) in [4.78, 5) is 22.5. The highest BCUT2D eigenvalue weighted by Gasteiger charge is 2.15. The second kappa shape index (κ2) is 10.1. The van der Waals surface area contributed by atoms with Crippen molar-refractivity contribution in [2.75, 3.05) is 13.7 Å². The van der Waals surface area contributed by atoms with Crippen LogP contribution in [-0.2, 0) is 11.2 Å².